The summed E-state index contributed by atoms with van der Waals surface area (Å²) in [5.74, 6) is 0. The lowest BCUT2D eigenvalue weighted by atomic mass is 9.82. The number of hydrogen-bond donors (Lipinski definition) is 0. The van der Waals surface area contributed by atoms with Crippen LogP contribution in [0.25, 0.3) is 11.3 Å². The molecule has 0 saturated carbocycles. The van der Waals surface area contributed by atoms with Crippen LogP contribution in [0.1, 0.15) is 60.5 Å². The molecular formula is C21H28N+. The summed E-state index contributed by atoms with van der Waals surface area (Å²) in [5, 5.41) is 0. The normalized spacial score (nSPS) is 20.9. The fourth-order valence-electron chi connectivity index (χ4n) is 4.24. The Balaban J connectivity index is 2.24. The molecule has 0 spiro atoms. The third kappa shape index (κ3) is 2.27. The first kappa shape index (κ1) is 11.9. The van der Waals surface area contributed by atoms with Crippen molar-refractivity contribution < 1.29 is 8.68 Å². The molecule has 0 bridgehead atoms. The fourth-order valence-corrected chi connectivity index (χ4v) is 4.24. The maximum Gasteiger partial charge on any atom is 0.212 e. The van der Waals surface area contributed by atoms with Gasteiger partial charge in [0.2, 0.25) is 5.69 Å². The van der Waals surface area contributed by atoms with E-state index in [9.17, 15) is 0 Å². The maximum absolute atomic E-state index is 7.72. The van der Waals surface area contributed by atoms with E-state index in [1.54, 1.807) is 6.07 Å². The summed E-state index contributed by atoms with van der Waals surface area (Å²) < 4.78 is 25.2. The molecule has 3 rings (SSSR count). The van der Waals surface area contributed by atoms with Crippen molar-refractivity contribution in [2.45, 2.75) is 58.7 Å². The van der Waals surface area contributed by atoms with Crippen LogP contribution in [-0.4, -0.2) is 0 Å². The quantitative estimate of drug-likeness (QED) is 0.669. The summed E-state index contributed by atoms with van der Waals surface area (Å²) in [5.41, 5.74) is 6.77. The Bertz CT molecular complexity index is 845. The van der Waals surface area contributed by atoms with E-state index >= 15 is 0 Å². The molecule has 0 unspecified atom stereocenters. The van der Waals surface area contributed by atoms with E-state index in [4.69, 9.17) is 4.11 Å². The third-order valence-corrected chi connectivity index (χ3v) is 5.13. The van der Waals surface area contributed by atoms with Gasteiger partial charge in [-0.15, -0.1) is 0 Å². The molecular weight excluding hydrogens is 266 g/mol. The molecule has 1 aromatic carbocycles. The lowest BCUT2D eigenvalue weighted by Crippen LogP contribution is -2.30. The Morgan fingerprint density at radius 1 is 1.05 bits per heavy atom. The highest BCUT2D eigenvalue weighted by molar-refractivity contribution is 5.66. The minimum atomic E-state index is -2.09. The second kappa shape index (κ2) is 4.68. The van der Waals surface area contributed by atoms with Gasteiger partial charge >= 0.3 is 0 Å². The number of aryl methyl sites for hydroxylation is 3. The molecule has 1 aromatic heterocycles. The fraction of sp³-hybridized carbons (Fsp3) is 0.476. The average molecular weight is 297 g/mol. The molecule has 1 heteroatoms. The van der Waals surface area contributed by atoms with E-state index in [0.29, 0.717) is 5.56 Å². The van der Waals surface area contributed by atoms with Crippen LogP contribution in [0.3, 0.4) is 0 Å². The highest BCUT2D eigenvalue weighted by Gasteiger charge is 2.42. The van der Waals surface area contributed by atoms with E-state index < -0.39 is 6.85 Å². The minimum absolute atomic E-state index is 0.126. The predicted octanol–water partition coefficient (Wildman–Crippen LogP) is 4.75. The minimum Gasteiger partial charge on any atom is -0.201 e. The van der Waals surface area contributed by atoms with Gasteiger partial charge in [0.15, 0.2) is 6.20 Å². The summed E-state index contributed by atoms with van der Waals surface area (Å²) in [4.78, 5) is 0. The number of pyridine rings is 1. The number of rotatable bonds is 1. The molecule has 0 radical (unpaired) electrons. The number of aromatic nitrogens is 1. The molecule has 1 aliphatic rings. The molecule has 0 aliphatic heterocycles. The SMILES string of the molecule is [2H]C([2H])([2H])c1cc[n+](C)c(-c2cc3c(cc2C)C(C)(C)CC3(C)C)c1. The maximum atomic E-state index is 7.72. The zero-order valence-corrected chi connectivity index (χ0v) is 14.5. The zero-order chi connectivity index (χ0) is 18.8. The molecule has 0 N–H and O–H groups in total. The van der Waals surface area contributed by atoms with Gasteiger partial charge in [0.05, 0.1) is 0 Å². The number of nitrogens with zero attached hydrogens (tertiary/aromatic N) is 1. The zero-order valence-electron chi connectivity index (χ0n) is 17.5. The van der Waals surface area contributed by atoms with Crippen molar-refractivity contribution in [3.05, 3.63) is 52.7 Å². The van der Waals surface area contributed by atoms with Gasteiger partial charge in [-0.05, 0) is 59.3 Å². The van der Waals surface area contributed by atoms with Crippen LogP contribution in [0, 0.1) is 13.8 Å². The average Bonchev–Trinajstić information content (AvgIpc) is 2.62. The lowest BCUT2D eigenvalue weighted by Gasteiger charge is -2.22. The highest BCUT2D eigenvalue weighted by atomic mass is 14.9. The number of fused-ring (bicyclic) bond motifs is 1. The molecule has 0 amide bonds. The third-order valence-electron chi connectivity index (χ3n) is 5.13. The van der Waals surface area contributed by atoms with Crippen molar-refractivity contribution >= 4 is 0 Å². The van der Waals surface area contributed by atoms with E-state index in [0.717, 1.165) is 17.7 Å². The largest absolute Gasteiger partial charge is 0.212 e. The molecule has 1 nitrogen and oxygen atoms in total. The van der Waals surface area contributed by atoms with Crippen LogP contribution in [-0.2, 0) is 17.9 Å². The second-order valence-electron chi connectivity index (χ2n) is 8.07. The van der Waals surface area contributed by atoms with Gasteiger partial charge in [0.25, 0.3) is 0 Å². The molecule has 0 atom stereocenters. The molecule has 1 aliphatic carbocycles. The van der Waals surface area contributed by atoms with Gasteiger partial charge in [0.1, 0.15) is 7.05 Å². The van der Waals surface area contributed by atoms with E-state index in [2.05, 4.69) is 46.8 Å². The summed E-state index contributed by atoms with van der Waals surface area (Å²) in [6.45, 7) is 9.27. The van der Waals surface area contributed by atoms with Crippen LogP contribution in [0.15, 0.2) is 30.5 Å². The first-order valence-electron chi connectivity index (χ1n) is 9.49. The first-order chi connectivity index (χ1) is 11.3. The first-order valence-corrected chi connectivity index (χ1v) is 7.99. The van der Waals surface area contributed by atoms with Crippen LogP contribution in [0.5, 0.6) is 0 Å². The van der Waals surface area contributed by atoms with Crippen LogP contribution >= 0.6 is 0 Å². The van der Waals surface area contributed by atoms with Crippen molar-refractivity contribution in [1.82, 2.24) is 0 Å². The van der Waals surface area contributed by atoms with Crippen molar-refractivity contribution in [2.75, 3.05) is 0 Å². The Morgan fingerprint density at radius 3 is 2.32 bits per heavy atom. The Morgan fingerprint density at radius 2 is 1.68 bits per heavy atom. The Kier molecular flexibility index (Phi) is 2.53. The van der Waals surface area contributed by atoms with Gasteiger partial charge in [-0.1, -0.05) is 33.8 Å². The number of benzene rings is 1. The van der Waals surface area contributed by atoms with Crippen LogP contribution in [0.2, 0.25) is 0 Å². The summed E-state index contributed by atoms with van der Waals surface area (Å²) >= 11 is 0. The van der Waals surface area contributed by atoms with Crippen molar-refractivity contribution in [2.24, 2.45) is 7.05 Å². The lowest BCUT2D eigenvalue weighted by molar-refractivity contribution is -0.660. The van der Waals surface area contributed by atoms with Crippen molar-refractivity contribution in [3.63, 3.8) is 0 Å². The molecule has 0 fully saturated rings. The molecule has 0 saturated heterocycles. The van der Waals surface area contributed by atoms with Crippen molar-refractivity contribution in [3.8, 4) is 11.3 Å². The second-order valence-corrected chi connectivity index (χ2v) is 8.07. The van der Waals surface area contributed by atoms with E-state index in [1.165, 1.54) is 16.7 Å². The van der Waals surface area contributed by atoms with Crippen LogP contribution in [0.4, 0.5) is 0 Å². The number of hydrogen-bond acceptors (Lipinski definition) is 0. The predicted molar refractivity (Wildman–Crippen MR) is 93.2 cm³/mol. The van der Waals surface area contributed by atoms with Gasteiger partial charge in [0, 0.05) is 21.8 Å². The van der Waals surface area contributed by atoms with Gasteiger partial charge in [-0.3, -0.25) is 0 Å². The topological polar surface area (TPSA) is 3.88 Å². The Hall–Kier alpha value is -1.63. The van der Waals surface area contributed by atoms with Gasteiger partial charge in [-0.2, -0.15) is 0 Å². The summed E-state index contributed by atoms with van der Waals surface area (Å²) in [6, 6.07) is 8.10. The van der Waals surface area contributed by atoms with E-state index in [-0.39, 0.29) is 10.8 Å². The molecule has 2 aromatic rings. The molecule has 1 heterocycles. The van der Waals surface area contributed by atoms with E-state index in [1.807, 2.05) is 23.9 Å². The summed E-state index contributed by atoms with van der Waals surface area (Å²) in [6.07, 6.45) is 2.97. The standard InChI is InChI=1S/C21H28N/c1-14-8-9-22(7)19(10-14)16-12-18-17(11-15(16)2)20(3,4)13-21(18,5)6/h8-12H,13H2,1-7H3/q+1/i1D3. The summed E-state index contributed by atoms with van der Waals surface area (Å²) in [7, 11) is 1.97. The molecule has 22 heavy (non-hydrogen) atoms. The van der Waals surface area contributed by atoms with Gasteiger partial charge in [-0.25, -0.2) is 4.57 Å². The monoisotopic (exact) mass is 297 g/mol. The highest BCUT2D eigenvalue weighted by Crippen LogP contribution is 2.50. The Labute approximate surface area is 139 Å². The van der Waals surface area contributed by atoms with Crippen LogP contribution < -0.4 is 4.57 Å². The smallest absolute Gasteiger partial charge is 0.201 e. The molecule has 116 valence electrons. The van der Waals surface area contributed by atoms with Crippen molar-refractivity contribution in [1.29, 1.82) is 0 Å². The van der Waals surface area contributed by atoms with Gasteiger partial charge < -0.3 is 0 Å².